The SMILES string of the molecule is CCC(CC)c1cc(CNC(C)C)on1. The van der Waals surface area contributed by atoms with Gasteiger partial charge in [-0.15, -0.1) is 0 Å². The third-order valence-electron chi connectivity index (χ3n) is 2.67. The van der Waals surface area contributed by atoms with E-state index in [-0.39, 0.29) is 0 Å². The zero-order valence-electron chi connectivity index (χ0n) is 10.2. The molecule has 0 saturated heterocycles. The van der Waals surface area contributed by atoms with Crippen LogP contribution in [0.5, 0.6) is 0 Å². The van der Waals surface area contributed by atoms with Crippen molar-refractivity contribution in [3.8, 4) is 0 Å². The fourth-order valence-electron chi connectivity index (χ4n) is 1.62. The Balaban J connectivity index is 2.55. The normalized spacial score (nSPS) is 11.6. The van der Waals surface area contributed by atoms with Gasteiger partial charge in [0.2, 0.25) is 0 Å². The lowest BCUT2D eigenvalue weighted by Crippen LogP contribution is -2.21. The first-order valence-electron chi connectivity index (χ1n) is 5.86. The van der Waals surface area contributed by atoms with Crippen LogP contribution in [0.2, 0.25) is 0 Å². The third kappa shape index (κ3) is 3.67. The van der Waals surface area contributed by atoms with E-state index in [9.17, 15) is 0 Å². The van der Waals surface area contributed by atoms with Gasteiger partial charge in [0, 0.05) is 18.0 Å². The predicted octanol–water partition coefficient (Wildman–Crippen LogP) is 3.08. The molecule has 1 N–H and O–H groups in total. The standard InChI is InChI=1S/C12H22N2O/c1-5-10(6-2)12-7-11(15-14-12)8-13-9(3)4/h7,9-10,13H,5-6,8H2,1-4H3. The number of nitrogens with zero attached hydrogens (tertiary/aromatic N) is 1. The van der Waals surface area contributed by atoms with E-state index in [4.69, 9.17) is 4.52 Å². The molecule has 0 aliphatic rings. The van der Waals surface area contributed by atoms with Crippen molar-refractivity contribution in [2.75, 3.05) is 0 Å². The van der Waals surface area contributed by atoms with E-state index < -0.39 is 0 Å². The van der Waals surface area contributed by atoms with Crippen LogP contribution in [0, 0.1) is 0 Å². The molecule has 0 radical (unpaired) electrons. The molecule has 0 fully saturated rings. The van der Waals surface area contributed by atoms with Gasteiger partial charge in [0.1, 0.15) is 0 Å². The van der Waals surface area contributed by atoms with Gasteiger partial charge in [0.15, 0.2) is 5.76 Å². The average molecular weight is 210 g/mol. The third-order valence-corrected chi connectivity index (χ3v) is 2.67. The van der Waals surface area contributed by atoms with Crippen molar-refractivity contribution in [2.24, 2.45) is 0 Å². The summed E-state index contributed by atoms with van der Waals surface area (Å²) in [4.78, 5) is 0. The molecule has 0 unspecified atom stereocenters. The number of rotatable bonds is 6. The first kappa shape index (κ1) is 12.2. The van der Waals surface area contributed by atoms with Crippen LogP contribution in [0.4, 0.5) is 0 Å². The Morgan fingerprint density at radius 3 is 2.53 bits per heavy atom. The highest BCUT2D eigenvalue weighted by molar-refractivity contribution is 5.10. The predicted molar refractivity (Wildman–Crippen MR) is 61.8 cm³/mol. The summed E-state index contributed by atoms with van der Waals surface area (Å²) in [5, 5.41) is 7.44. The van der Waals surface area contributed by atoms with Gasteiger partial charge in [0.25, 0.3) is 0 Å². The summed E-state index contributed by atoms with van der Waals surface area (Å²) in [6.07, 6.45) is 2.25. The topological polar surface area (TPSA) is 38.1 Å². The minimum atomic E-state index is 0.478. The largest absolute Gasteiger partial charge is 0.360 e. The molecule has 0 saturated carbocycles. The molecule has 15 heavy (non-hydrogen) atoms. The zero-order valence-corrected chi connectivity index (χ0v) is 10.2. The maximum atomic E-state index is 5.29. The van der Waals surface area contributed by atoms with Gasteiger partial charge in [-0.05, 0) is 12.8 Å². The molecule has 0 atom stereocenters. The second-order valence-corrected chi connectivity index (χ2v) is 4.27. The van der Waals surface area contributed by atoms with Crippen LogP contribution in [0.1, 0.15) is 57.9 Å². The Bertz CT molecular complexity index is 277. The molecule has 1 heterocycles. The lowest BCUT2D eigenvalue weighted by Gasteiger charge is -2.06. The molecule has 0 bridgehead atoms. The maximum absolute atomic E-state index is 5.29. The van der Waals surface area contributed by atoms with Crippen LogP contribution in [0.15, 0.2) is 10.6 Å². The average Bonchev–Trinajstić information content (AvgIpc) is 2.65. The monoisotopic (exact) mass is 210 g/mol. The van der Waals surface area contributed by atoms with Crippen LogP contribution in [-0.4, -0.2) is 11.2 Å². The zero-order chi connectivity index (χ0) is 11.3. The highest BCUT2D eigenvalue weighted by atomic mass is 16.5. The van der Waals surface area contributed by atoms with E-state index in [1.807, 2.05) is 0 Å². The van der Waals surface area contributed by atoms with Gasteiger partial charge in [0.05, 0.1) is 12.2 Å². The van der Waals surface area contributed by atoms with Crippen molar-refractivity contribution in [3.63, 3.8) is 0 Å². The quantitative estimate of drug-likeness (QED) is 0.784. The highest BCUT2D eigenvalue weighted by Crippen LogP contribution is 2.22. The molecule has 0 aliphatic carbocycles. The van der Waals surface area contributed by atoms with Crippen LogP contribution in [-0.2, 0) is 6.54 Å². The molecule has 3 nitrogen and oxygen atoms in total. The summed E-state index contributed by atoms with van der Waals surface area (Å²) in [6, 6.07) is 2.55. The van der Waals surface area contributed by atoms with Gasteiger partial charge in [-0.3, -0.25) is 0 Å². The molecule has 0 aliphatic heterocycles. The number of hydrogen-bond acceptors (Lipinski definition) is 3. The smallest absolute Gasteiger partial charge is 0.150 e. The highest BCUT2D eigenvalue weighted by Gasteiger charge is 2.12. The molecule has 0 spiro atoms. The summed E-state index contributed by atoms with van der Waals surface area (Å²) < 4.78 is 5.29. The fraction of sp³-hybridized carbons (Fsp3) is 0.750. The van der Waals surface area contributed by atoms with Crippen LogP contribution in [0.25, 0.3) is 0 Å². The van der Waals surface area contributed by atoms with E-state index in [1.165, 1.54) is 0 Å². The first-order chi connectivity index (χ1) is 7.17. The molecule has 1 rings (SSSR count). The van der Waals surface area contributed by atoms with Crippen molar-refractivity contribution in [3.05, 3.63) is 17.5 Å². The lowest BCUT2D eigenvalue weighted by atomic mass is 9.99. The maximum Gasteiger partial charge on any atom is 0.150 e. The van der Waals surface area contributed by atoms with Crippen molar-refractivity contribution >= 4 is 0 Å². The summed E-state index contributed by atoms with van der Waals surface area (Å²) in [5.74, 6) is 1.48. The van der Waals surface area contributed by atoms with Gasteiger partial charge >= 0.3 is 0 Å². The Kier molecular flexibility index (Phi) is 4.82. The van der Waals surface area contributed by atoms with Crippen LogP contribution in [0.3, 0.4) is 0 Å². The van der Waals surface area contributed by atoms with Gasteiger partial charge < -0.3 is 9.84 Å². The van der Waals surface area contributed by atoms with Gasteiger partial charge in [-0.1, -0.05) is 32.9 Å². The summed E-state index contributed by atoms with van der Waals surface area (Å²) >= 11 is 0. The number of nitrogens with one attached hydrogen (secondary N) is 1. The fourth-order valence-corrected chi connectivity index (χ4v) is 1.62. The number of hydrogen-bond donors (Lipinski definition) is 1. The Hall–Kier alpha value is -0.830. The van der Waals surface area contributed by atoms with Gasteiger partial charge in [-0.2, -0.15) is 0 Å². The molecule has 3 heteroatoms. The minimum absolute atomic E-state index is 0.478. The number of aromatic nitrogens is 1. The van der Waals surface area contributed by atoms with E-state index in [2.05, 4.69) is 44.2 Å². The van der Waals surface area contributed by atoms with Crippen molar-refractivity contribution in [1.29, 1.82) is 0 Å². The molecule has 0 aromatic carbocycles. The van der Waals surface area contributed by atoms with Crippen LogP contribution >= 0.6 is 0 Å². The Morgan fingerprint density at radius 2 is 2.00 bits per heavy atom. The Morgan fingerprint density at radius 1 is 1.33 bits per heavy atom. The second-order valence-electron chi connectivity index (χ2n) is 4.27. The summed E-state index contributed by atoms with van der Waals surface area (Å²) in [5.41, 5.74) is 1.10. The van der Waals surface area contributed by atoms with Crippen molar-refractivity contribution in [2.45, 2.75) is 59.0 Å². The van der Waals surface area contributed by atoms with E-state index in [0.717, 1.165) is 30.8 Å². The minimum Gasteiger partial charge on any atom is -0.360 e. The molecule has 1 aromatic rings. The summed E-state index contributed by atoms with van der Waals surface area (Å²) in [6.45, 7) is 9.39. The lowest BCUT2D eigenvalue weighted by molar-refractivity contribution is 0.357. The van der Waals surface area contributed by atoms with E-state index in [1.54, 1.807) is 0 Å². The van der Waals surface area contributed by atoms with Gasteiger partial charge in [-0.25, -0.2) is 0 Å². The first-order valence-corrected chi connectivity index (χ1v) is 5.86. The molecular formula is C12H22N2O. The molecule has 1 aromatic heterocycles. The molecule has 0 amide bonds. The van der Waals surface area contributed by atoms with Crippen molar-refractivity contribution in [1.82, 2.24) is 10.5 Å². The summed E-state index contributed by atoms with van der Waals surface area (Å²) in [7, 11) is 0. The van der Waals surface area contributed by atoms with E-state index >= 15 is 0 Å². The van der Waals surface area contributed by atoms with Crippen LogP contribution < -0.4 is 5.32 Å². The molecular weight excluding hydrogens is 188 g/mol. The molecule has 86 valence electrons. The van der Waals surface area contributed by atoms with Crippen molar-refractivity contribution < 1.29 is 4.52 Å². The Labute approximate surface area is 92.2 Å². The van der Waals surface area contributed by atoms with E-state index in [0.29, 0.717) is 12.0 Å². The second kappa shape index (κ2) is 5.91.